The molecule has 164 valence electrons. The van der Waals surface area contributed by atoms with Gasteiger partial charge in [0.15, 0.2) is 5.11 Å². The SMILES string of the molecule is COc1c(/C=N/NC(=S)Nc2cccc(C(=O)O)c2)cccc1-c1cccc2ccccc12. The van der Waals surface area contributed by atoms with Crippen LogP contribution < -0.4 is 15.5 Å². The van der Waals surface area contributed by atoms with E-state index in [-0.39, 0.29) is 10.7 Å². The smallest absolute Gasteiger partial charge is 0.335 e. The number of carboxylic acid groups (broad SMARTS) is 1. The number of rotatable bonds is 6. The maximum atomic E-state index is 11.1. The van der Waals surface area contributed by atoms with Crippen molar-refractivity contribution in [1.29, 1.82) is 0 Å². The molecule has 4 rings (SSSR count). The fourth-order valence-corrected chi connectivity index (χ4v) is 3.78. The average molecular weight is 456 g/mol. The predicted molar refractivity (Wildman–Crippen MR) is 136 cm³/mol. The Morgan fingerprint density at radius 3 is 2.52 bits per heavy atom. The number of fused-ring (bicyclic) bond motifs is 1. The van der Waals surface area contributed by atoms with Crippen molar-refractivity contribution >= 4 is 46.0 Å². The van der Waals surface area contributed by atoms with Crippen LogP contribution in [-0.4, -0.2) is 29.5 Å². The predicted octanol–water partition coefficient (Wildman–Crippen LogP) is 5.53. The number of ether oxygens (including phenoxy) is 1. The van der Waals surface area contributed by atoms with E-state index < -0.39 is 5.97 Å². The lowest BCUT2D eigenvalue weighted by atomic mass is 9.96. The minimum Gasteiger partial charge on any atom is -0.495 e. The average Bonchev–Trinajstić information content (AvgIpc) is 2.83. The molecular weight excluding hydrogens is 434 g/mol. The normalized spacial score (nSPS) is 10.8. The second kappa shape index (κ2) is 9.93. The highest BCUT2D eigenvalue weighted by molar-refractivity contribution is 7.80. The summed E-state index contributed by atoms with van der Waals surface area (Å²) in [7, 11) is 1.64. The first kappa shape index (κ1) is 22.0. The summed E-state index contributed by atoms with van der Waals surface area (Å²) in [5.41, 5.74) is 6.30. The first-order valence-electron chi connectivity index (χ1n) is 10.2. The summed E-state index contributed by atoms with van der Waals surface area (Å²) in [6.45, 7) is 0. The molecule has 0 bridgehead atoms. The van der Waals surface area contributed by atoms with Crippen LogP contribution in [0.3, 0.4) is 0 Å². The van der Waals surface area contributed by atoms with Gasteiger partial charge in [0, 0.05) is 16.8 Å². The fourth-order valence-electron chi connectivity index (χ4n) is 3.61. The van der Waals surface area contributed by atoms with Gasteiger partial charge < -0.3 is 15.2 Å². The van der Waals surface area contributed by atoms with E-state index in [1.807, 2.05) is 36.4 Å². The number of aromatic carboxylic acids is 1. The number of carboxylic acids is 1. The van der Waals surface area contributed by atoms with E-state index in [1.54, 1.807) is 25.5 Å². The van der Waals surface area contributed by atoms with Crippen LogP contribution in [0.2, 0.25) is 0 Å². The van der Waals surface area contributed by atoms with Crippen molar-refractivity contribution < 1.29 is 14.6 Å². The molecule has 0 radical (unpaired) electrons. The Morgan fingerprint density at radius 2 is 1.70 bits per heavy atom. The molecule has 0 spiro atoms. The molecule has 0 amide bonds. The number of hydrazone groups is 1. The number of hydrogen-bond donors (Lipinski definition) is 3. The number of carbonyl (C=O) groups is 1. The number of nitrogens with zero attached hydrogens (tertiary/aromatic N) is 1. The van der Waals surface area contributed by atoms with Gasteiger partial charge in [0.2, 0.25) is 0 Å². The summed E-state index contributed by atoms with van der Waals surface area (Å²) in [6.07, 6.45) is 1.63. The number of methoxy groups -OCH3 is 1. The zero-order valence-corrected chi connectivity index (χ0v) is 18.6. The van der Waals surface area contributed by atoms with Crippen LogP contribution in [0.15, 0.2) is 90.0 Å². The zero-order valence-electron chi connectivity index (χ0n) is 17.8. The highest BCUT2D eigenvalue weighted by Gasteiger charge is 2.12. The van der Waals surface area contributed by atoms with Crippen molar-refractivity contribution in [2.24, 2.45) is 5.10 Å². The Bertz CT molecular complexity index is 1360. The van der Waals surface area contributed by atoms with Crippen LogP contribution in [0.25, 0.3) is 21.9 Å². The summed E-state index contributed by atoms with van der Waals surface area (Å²) < 4.78 is 5.75. The van der Waals surface area contributed by atoms with Crippen LogP contribution in [0, 0.1) is 0 Å². The third-order valence-corrected chi connectivity index (χ3v) is 5.26. The summed E-state index contributed by atoms with van der Waals surface area (Å²) in [6, 6.07) is 26.7. The standard InChI is InChI=1S/C26H21N3O3S/c1-32-24-19(16-27-29-26(33)28-20-11-4-9-18(15-20)25(30)31)10-6-14-23(24)22-13-5-8-17-7-2-3-12-21(17)22/h2-16H,1H3,(H,30,31)(H2,28,29,33)/b27-16+. The van der Waals surface area contributed by atoms with Crippen LogP contribution in [0.4, 0.5) is 5.69 Å². The number of benzene rings is 4. The quantitative estimate of drug-likeness (QED) is 0.201. The Hall–Kier alpha value is -4.23. The molecule has 4 aromatic carbocycles. The Balaban J connectivity index is 1.55. The lowest BCUT2D eigenvalue weighted by molar-refractivity contribution is 0.0697. The van der Waals surface area contributed by atoms with E-state index in [9.17, 15) is 4.79 Å². The van der Waals surface area contributed by atoms with Crippen molar-refractivity contribution in [1.82, 2.24) is 5.43 Å². The van der Waals surface area contributed by atoms with Crippen molar-refractivity contribution in [3.63, 3.8) is 0 Å². The molecule has 0 unspecified atom stereocenters. The molecule has 0 atom stereocenters. The Morgan fingerprint density at radius 1 is 0.970 bits per heavy atom. The molecular formula is C26H21N3O3S. The van der Waals surface area contributed by atoms with Crippen LogP contribution in [0.5, 0.6) is 5.75 Å². The van der Waals surface area contributed by atoms with E-state index in [1.165, 1.54) is 12.1 Å². The van der Waals surface area contributed by atoms with Crippen molar-refractivity contribution in [2.45, 2.75) is 0 Å². The van der Waals surface area contributed by atoms with Gasteiger partial charge in [-0.15, -0.1) is 0 Å². The molecule has 0 aliphatic heterocycles. The largest absolute Gasteiger partial charge is 0.495 e. The molecule has 3 N–H and O–H groups in total. The lowest BCUT2D eigenvalue weighted by Crippen LogP contribution is -2.24. The second-order valence-electron chi connectivity index (χ2n) is 7.16. The number of para-hydroxylation sites is 1. The highest BCUT2D eigenvalue weighted by Crippen LogP contribution is 2.36. The lowest BCUT2D eigenvalue weighted by Gasteiger charge is -2.13. The molecule has 0 heterocycles. The first-order valence-corrected chi connectivity index (χ1v) is 10.6. The van der Waals surface area contributed by atoms with Gasteiger partial charge >= 0.3 is 5.97 Å². The molecule has 7 heteroatoms. The van der Waals surface area contributed by atoms with E-state index in [0.29, 0.717) is 11.4 Å². The van der Waals surface area contributed by atoms with Crippen LogP contribution in [0.1, 0.15) is 15.9 Å². The second-order valence-corrected chi connectivity index (χ2v) is 7.57. The first-order chi connectivity index (χ1) is 16.1. The Kier molecular flexibility index (Phi) is 6.61. The minimum absolute atomic E-state index is 0.168. The third kappa shape index (κ3) is 4.99. The molecule has 0 aromatic heterocycles. The topological polar surface area (TPSA) is 83.0 Å². The molecule has 4 aromatic rings. The summed E-state index contributed by atoms with van der Waals surface area (Å²) >= 11 is 5.26. The monoisotopic (exact) mass is 455 g/mol. The van der Waals surface area contributed by atoms with Gasteiger partial charge in [-0.3, -0.25) is 5.43 Å². The minimum atomic E-state index is -1.01. The maximum absolute atomic E-state index is 11.1. The molecule has 0 aliphatic carbocycles. The van der Waals surface area contributed by atoms with Gasteiger partial charge in [-0.1, -0.05) is 60.7 Å². The summed E-state index contributed by atoms with van der Waals surface area (Å²) in [5.74, 6) is -0.304. The van der Waals surface area contributed by atoms with Crippen molar-refractivity contribution in [2.75, 3.05) is 12.4 Å². The number of anilines is 1. The molecule has 0 aliphatic rings. The van der Waals surface area contributed by atoms with E-state index in [4.69, 9.17) is 22.1 Å². The number of thiocarbonyl (C=S) groups is 1. The number of nitrogens with one attached hydrogen (secondary N) is 2. The zero-order chi connectivity index (χ0) is 23.2. The summed E-state index contributed by atoms with van der Waals surface area (Å²) in [5, 5.41) is 18.8. The molecule has 0 saturated heterocycles. The maximum Gasteiger partial charge on any atom is 0.335 e. The van der Waals surface area contributed by atoms with Gasteiger partial charge in [0.05, 0.1) is 18.9 Å². The molecule has 0 saturated carbocycles. The third-order valence-electron chi connectivity index (χ3n) is 5.07. The van der Waals surface area contributed by atoms with Crippen molar-refractivity contribution in [3.8, 4) is 16.9 Å². The van der Waals surface area contributed by atoms with E-state index in [0.717, 1.165) is 27.5 Å². The molecule has 33 heavy (non-hydrogen) atoms. The molecule has 0 fully saturated rings. The van der Waals surface area contributed by atoms with Crippen molar-refractivity contribution in [3.05, 3.63) is 96.1 Å². The van der Waals surface area contributed by atoms with E-state index in [2.05, 4.69) is 40.1 Å². The van der Waals surface area contributed by atoms with Crippen LogP contribution >= 0.6 is 12.2 Å². The van der Waals surface area contributed by atoms with Crippen LogP contribution in [-0.2, 0) is 0 Å². The van der Waals surface area contributed by atoms with Gasteiger partial charge in [-0.2, -0.15) is 5.10 Å². The van der Waals surface area contributed by atoms with E-state index >= 15 is 0 Å². The molecule has 6 nitrogen and oxygen atoms in total. The highest BCUT2D eigenvalue weighted by atomic mass is 32.1. The van der Waals surface area contributed by atoms with Gasteiger partial charge in [0.25, 0.3) is 0 Å². The van der Waals surface area contributed by atoms with Gasteiger partial charge in [0.1, 0.15) is 5.75 Å². The number of hydrogen-bond acceptors (Lipinski definition) is 4. The van der Waals surface area contributed by atoms with Gasteiger partial charge in [-0.25, -0.2) is 4.79 Å². The van der Waals surface area contributed by atoms with Gasteiger partial charge in [-0.05, 0) is 52.8 Å². The summed E-state index contributed by atoms with van der Waals surface area (Å²) in [4.78, 5) is 11.1. The fraction of sp³-hybridized carbons (Fsp3) is 0.0385. The Labute approximate surface area is 196 Å².